The molecular weight excluding hydrogens is 406 g/mol. The summed E-state index contributed by atoms with van der Waals surface area (Å²) < 4.78 is 4.14. The van der Waals surface area contributed by atoms with Crippen LogP contribution >= 0.6 is 11.8 Å². The number of carboxylic acids is 1. The molecule has 2 heterocycles. The zero-order valence-electron chi connectivity index (χ0n) is 15.5. The number of phenolic OH excluding ortho intramolecular Hbond substituents is 2. The number of hydrazine groups is 1. The number of benzene rings is 1. The van der Waals surface area contributed by atoms with Gasteiger partial charge < -0.3 is 25.0 Å². The van der Waals surface area contributed by atoms with E-state index in [-0.39, 0.29) is 29.9 Å². The summed E-state index contributed by atoms with van der Waals surface area (Å²) in [5.74, 6) is -3.06. The molecule has 12 heteroatoms. The van der Waals surface area contributed by atoms with Crippen LogP contribution in [0.15, 0.2) is 18.2 Å². The number of nitrogens with one attached hydrogen (secondary N) is 1. The molecular formula is C17H19N3O8S. The molecule has 11 nitrogen and oxygen atoms in total. The van der Waals surface area contributed by atoms with E-state index in [1.165, 1.54) is 29.8 Å². The molecule has 0 saturated carbocycles. The van der Waals surface area contributed by atoms with Gasteiger partial charge in [-0.1, -0.05) is 0 Å². The summed E-state index contributed by atoms with van der Waals surface area (Å²) in [7, 11) is 1.23. The minimum atomic E-state index is -1.18. The molecule has 3 amide bonds. The fourth-order valence-corrected chi connectivity index (χ4v) is 4.87. The first-order valence-electron chi connectivity index (χ1n) is 8.49. The second kappa shape index (κ2) is 7.35. The van der Waals surface area contributed by atoms with E-state index in [1.807, 2.05) is 0 Å². The van der Waals surface area contributed by atoms with Crippen molar-refractivity contribution in [3.05, 3.63) is 23.8 Å². The Morgan fingerprint density at radius 3 is 2.62 bits per heavy atom. The smallest absolute Gasteiger partial charge is 0.428 e. The van der Waals surface area contributed by atoms with Gasteiger partial charge in [-0.2, -0.15) is 0 Å². The van der Waals surface area contributed by atoms with Gasteiger partial charge in [-0.25, -0.2) is 14.6 Å². The lowest BCUT2D eigenvalue weighted by Crippen LogP contribution is -2.58. The van der Waals surface area contributed by atoms with Crippen LogP contribution in [0.3, 0.4) is 0 Å². The lowest BCUT2D eigenvalue weighted by atomic mass is 9.97. The number of ether oxygens (including phenoxy) is 1. The van der Waals surface area contributed by atoms with Crippen LogP contribution < -0.4 is 5.43 Å². The molecule has 2 fully saturated rings. The van der Waals surface area contributed by atoms with Gasteiger partial charge in [-0.3, -0.25) is 15.0 Å². The number of β-lactam (4-membered cyclic amide) rings is 1. The van der Waals surface area contributed by atoms with E-state index in [0.29, 0.717) is 0 Å². The Morgan fingerprint density at radius 1 is 1.34 bits per heavy atom. The number of phenols is 2. The summed E-state index contributed by atoms with van der Waals surface area (Å²) in [6.07, 6.45) is -0.694. The van der Waals surface area contributed by atoms with E-state index in [0.717, 1.165) is 17.1 Å². The molecule has 0 radical (unpaired) electrons. The number of carboxylic acid groups (broad SMARTS) is 1. The standard InChI is InChI=1S/C17H19N3O8S/c1-17(13(15(25)26)20-11(23)6-12(20)29-17)7-28-16(27)19(2)18-14(24)8-3-4-9(21)10(22)5-8/h3-5,12-13,21-22H,6-7H2,1-2H3,(H,18,24)(H,25,26)/t12-,13+,17+/m1/s1. The van der Waals surface area contributed by atoms with Crippen molar-refractivity contribution in [3.8, 4) is 11.5 Å². The third-order valence-electron chi connectivity index (χ3n) is 4.71. The molecule has 1 aromatic carbocycles. The summed E-state index contributed by atoms with van der Waals surface area (Å²) in [5, 5.41) is 28.7. The van der Waals surface area contributed by atoms with Gasteiger partial charge in [-0.05, 0) is 25.1 Å². The normalized spacial score (nSPS) is 25.0. The van der Waals surface area contributed by atoms with Gasteiger partial charge >= 0.3 is 12.1 Å². The molecule has 156 valence electrons. The fourth-order valence-electron chi connectivity index (χ4n) is 3.20. The maximum Gasteiger partial charge on any atom is 0.428 e. The van der Waals surface area contributed by atoms with Crippen LogP contribution in [0.4, 0.5) is 4.79 Å². The molecule has 0 bridgehead atoms. The Balaban J connectivity index is 1.59. The molecule has 0 aliphatic carbocycles. The zero-order chi connectivity index (χ0) is 21.5. The number of fused-ring (bicyclic) bond motifs is 1. The highest BCUT2D eigenvalue weighted by molar-refractivity contribution is 8.01. The van der Waals surface area contributed by atoms with E-state index >= 15 is 0 Å². The van der Waals surface area contributed by atoms with Gasteiger partial charge in [0.25, 0.3) is 5.91 Å². The summed E-state index contributed by atoms with van der Waals surface area (Å²) >= 11 is 1.26. The van der Waals surface area contributed by atoms with E-state index in [2.05, 4.69) is 5.43 Å². The van der Waals surface area contributed by atoms with Crippen LogP contribution in [0.5, 0.6) is 11.5 Å². The Bertz CT molecular complexity index is 893. The van der Waals surface area contributed by atoms with Gasteiger partial charge in [0.05, 0.1) is 16.5 Å². The van der Waals surface area contributed by atoms with Crippen molar-refractivity contribution in [1.29, 1.82) is 0 Å². The number of rotatable bonds is 4. The molecule has 3 atom stereocenters. The summed E-state index contributed by atoms with van der Waals surface area (Å²) in [4.78, 5) is 49.0. The van der Waals surface area contributed by atoms with Crippen molar-refractivity contribution in [3.63, 3.8) is 0 Å². The number of hydrogen-bond donors (Lipinski definition) is 4. The quantitative estimate of drug-likeness (QED) is 0.303. The number of hydrogen-bond acceptors (Lipinski definition) is 8. The fraction of sp³-hybridized carbons (Fsp3) is 0.412. The van der Waals surface area contributed by atoms with Crippen LogP contribution in [0, 0.1) is 0 Å². The summed E-state index contributed by atoms with van der Waals surface area (Å²) in [5.41, 5.74) is 2.23. The minimum absolute atomic E-state index is 0.00732. The van der Waals surface area contributed by atoms with E-state index in [4.69, 9.17) is 4.74 Å². The Labute approximate surface area is 169 Å². The SMILES string of the molecule is CN(NC(=O)c1ccc(O)c(O)c1)C(=O)OC[C@]1(C)S[C@@H]2CC(=O)N2[C@H]1C(=O)O. The first-order valence-corrected chi connectivity index (χ1v) is 9.36. The first kappa shape index (κ1) is 20.6. The number of carbonyl (C=O) groups is 4. The summed E-state index contributed by atoms with van der Waals surface area (Å²) in [6.45, 7) is 1.32. The van der Waals surface area contributed by atoms with Gasteiger partial charge in [0.2, 0.25) is 5.91 Å². The van der Waals surface area contributed by atoms with Crippen LogP contribution in [0.25, 0.3) is 0 Å². The lowest BCUT2D eigenvalue weighted by Gasteiger charge is -2.36. The monoisotopic (exact) mass is 425 g/mol. The third kappa shape index (κ3) is 3.75. The van der Waals surface area contributed by atoms with Gasteiger partial charge in [0.15, 0.2) is 11.5 Å². The van der Waals surface area contributed by atoms with Gasteiger partial charge in [0.1, 0.15) is 12.6 Å². The Hall–Kier alpha value is -3.15. The highest BCUT2D eigenvalue weighted by Gasteiger charge is 2.61. The van der Waals surface area contributed by atoms with Crippen molar-refractivity contribution < 1.29 is 39.2 Å². The van der Waals surface area contributed by atoms with Crippen molar-refractivity contribution >= 4 is 35.6 Å². The van der Waals surface area contributed by atoms with E-state index in [1.54, 1.807) is 6.92 Å². The van der Waals surface area contributed by atoms with E-state index in [9.17, 15) is 34.5 Å². The van der Waals surface area contributed by atoms with Crippen LogP contribution in [0.1, 0.15) is 23.7 Å². The average Bonchev–Trinajstić information content (AvgIpc) is 2.89. The van der Waals surface area contributed by atoms with E-state index < -0.39 is 40.3 Å². The number of carbonyl (C=O) groups excluding carboxylic acids is 3. The number of aliphatic carboxylic acids is 1. The topological polar surface area (TPSA) is 157 Å². The van der Waals surface area contributed by atoms with Crippen LogP contribution in [-0.4, -0.2) is 78.9 Å². The highest BCUT2D eigenvalue weighted by atomic mass is 32.2. The molecule has 2 saturated heterocycles. The van der Waals surface area contributed by atoms with Crippen LogP contribution in [-0.2, 0) is 14.3 Å². The number of aromatic hydroxyl groups is 2. The number of amides is 3. The molecule has 0 spiro atoms. The molecule has 0 unspecified atom stereocenters. The first-order chi connectivity index (χ1) is 13.5. The molecule has 29 heavy (non-hydrogen) atoms. The number of nitrogens with zero attached hydrogens (tertiary/aromatic N) is 2. The lowest BCUT2D eigenvalue weighted by molar-refractivity contribution is -0.158. The molecule has 0 aromatic heterocycles. The van der Waals surface area contributed by atoms with Crippen molar-refractivity contribution in [2.45, 2.75) is 29.5 Å². The summed E-state index contributed by atoms with van der Waals surface area (Å²) in [6, 6.07) is 2.28. The van der Waals surface area contributed by atoms with Crippen molar-refractivity contribution in [2.75, 3.05) is 13.7 Å². The third-order valence-corrected chi connectivity index (χ3v) is 6.25. The second-order valence-electron chi connectivity index (χ2n) is 6.89. The molecule has 2 aliphatic rings. The van der Waals surface area contributed by atoms with Crippen molar-refractivity contribution in [1.82, 2.24) is 15.3 Å². The second-order valence-corrected chi connectivity index (χ2v) is 8.60. The zero-order valence-corrected chi connectivity index (χ0v) is 16.3. The predicted molar refractivity (Wildman–Crippen MR) is 99.0 cm³/mol. The Kier molecular flexibility index (Phi) is 5.22. The van der Waals surface area contributed by atoms with Gasteiger partial charge in [-0.15, -0.1) is 11.8 Å². The Morgan fingerprint density at radius 2 is 2.03 bits per heavy atom. The van der Waals surface area contributed by atoms with Crippen molar-refractivity contribution in [2.24, 2.45) is 0 Å². The van der Waals surface area contributed by atoms with Gasteiger partial charge in [0, 0.05) is 12.6 Å². The maximum atomic E-state index is 12.2. The minimum Gasteiger partial charge on any atom is -0.504 e. The predicted octanol–water partition coefficient (Wildman–Crippen LogP) is 0.328. The largest absolute Gasteiger partial charge is 0.504 e. The molecule has 2 aliphatic heterocycles. The average molecular weight is 425 g/mol. The number of thioether (sulfide) groups is 1. The molecule has 3 rings (SSSR count). The maximum absolute atomic E-state index is 12.2. The molecule has 4 N–H and O–H groups in total. The van der Waals surface area contributed by atoms with Crippen LogP contribution in [0.2, 0.25) is 0 Å². The highest BCUT2D eigenvalue weighted by Crippen LogP contribution is 2.51. The molecule has 1 aromatic rings.